The molecule has 0 aromatic heterocycles. The summed E-state index contributed by atoms with van der Waals surface area (Å²) >= 11 is 9.15. The molecule has 3 rings (SSSR count). The van der Waals surface area contributed by atoms with Crippen LogP contribution in [-0.2, 0) is 22.3 Å². The van der Waals surface area contributed by atoms with Crippen molar-refractivity contribution in [1.82, 2.24) is 0 Å². The van der Waals surface area contributed by atoms with Gasteiger partial charge in [0.2, 0.25) is 0 Å². The van der Waals surface area contributed by atoms with Crippen LogP contribution in [0, 0.1) is 0 Å². The van der Waals surface area contributed by atoms with Crippen molar-refractivity contribution in [2.24, 2.45) is 0 Å². The van der Waals surface area contributed by atoms with Gasteiger partial charge in [-0.3, -0.25) is 4.31 Å². The van der Waals surface area contributed by atoms with E-state index in [1.807, 2.05) is 30.3 Å². The molecule has 0 saturated heterocycles. The molecule has 0 N–H and O–H groups in total. The molecule has 2 aromatic carbocycles. The Kier molecular flexibility index (Phi) is 3.99. The summed E-state index contributed by atoms with van der Waals surface area (Å²) in [5.74, 6) is 0.284. The van der Waals surface area contributed by atoms with Gasteiger partial charge in [-0.05, 0) is 51.7 Å². The van der Waals surface area contributed by atoms with E-state index in [2.05, 4.69) is 15.9 Å². The first-order valence-corrected chi connectivity index (χ1v) is 9.26. The van der Waals surface area contributed by atoms with Gasteiger partial charge in [0, 0.05) is 16.9 Å². The van der Waals surface area contributed by atoms with Gasteiger partial charge in [-0.15, -0.1) is 11.6 Å². The number of anilines is 1. The van der Waals surface area contributed by atoms with Crippen LogP contribution in [0.15, 0.2) is 51.8 Å². The topological polar surface area (TPSA) is 37.4 Å². The summed E-state index contributed by atoms with van der Waals surface area (Å²) < 4.78 is 27.9. The summed E-state index contributed by atoms with van der Waals surface area (Å²) in [4.78, 5) is 0.261. The first kappa shape index (κ1) is 14.9. The molecule has 0 atom stereocenters. The molecule has 21 heavy (non-hydrogen) atoms. The molecular weight excluding hydrogens is 374 g/mol. The van der Waals surface area contributed by atoms with Gasteiger partial charge < -0.3 is 0 Å². The smallest absolute Gasteiger partial charge is 0.265 e. The Hall–Kier alpha value is -1.04. The van der Waals surface area contributed by atoms with Gasteiger partial charge in [0.15, 0.2) is 0 Å². The third kappa shape index (κ3) is 2.58. The van der Waals surface area contributed by atoms with Crippen molar-refractivity contribution in [3.8, 4) is 0 Å². The normalized spacial score (nSPS) is 14.3. The van der Waals surface area contributed by atoms with E-state index in [0.29, 0.717) is 11.0 Å². The van der Waals surface area contributed by atoms with Crippen molar-refractivity contribution < 1.29 is 8.42 Å². The van der Waals surface area contributed by atoms with Crippen molar-refractivity contribution in [3.05, 3.63) is 58.1 Å². The number of sulfonamides is 1. The largest absolute Gasteiger partial charge is 0.266 e. The summed E-state index contributed by atoms with van der Waals surface area (Å²) in [5, 5.41) is 0. The van der Waals surface area contributed by atoms with E-state index in [9.17, 15) is 8.42 Å². The average molecular weight is 387 g/mol. The van der Waals surface area contributed by atoms with Crippen LogP contribution in [-0.4, -0.2) is 15.0 Å². The molecule has 6 heteroatoms. The molecule has 0 aliphatic carbocycles. The quantitative estimate of drug-likeness (QED) is 0.749. The summed E-state index contributed by atoms with van der Waals surface area (Å²) in [6.45, 7) is 0.471. The lowest BCUT2D eigenvalue weighted by Gasteiger charge is -2.20. The van der Waals surface area contributed by atoms with Crippen LogP contribution < -0.4 is 4.31 Å². The van der Waals surface area contributed by atoms with Crippen LogP contribution in [0.4, 0.5) is 5.69 Å². The van der Waals surface area contributed by atoms with E-state index >= 15 is 0 Å². The number of halogens is 2. The van der Waals surface area contributed by atoms with Crippen LogP contribution in [0.1, 0.15) is 11.1 Å². The van der Waals surface area contributed by atoms with Gasteiger partial charge in [-0.2, -0.15) is 0 Å². The molecule has 0 radical (unpaired) electrons. The summed E-state index contributed by atoms with van der Waals surface area (Å²) in [5.41, 5.74) is 2.61. The minimum Gasteiger partial charge on any atom is -0.266 e. The standard InChI is InChI=1S/C15H13BrClNO2S/c16-13-6-5-11(10-17)9-15(13)21(19,20)18-8-7-12-3-1-2-4-14(12)18/h1-6,9H,7-8,10H2. The highest BCUT2D eigenvalue weighted by atomic mass is 79.9. The van der Waals surface area contributed by atoms with Crippen molar-refractivity contribution in [2.75, 3.05) is 10.8 Å². The molecular formula is C15H13BrClNO2S. The van der Waals surface area contributed by atoms with E-state index < -0.39 is 10.0 Å². The SMILES string of the molecule is O=S(=O)(c1cc(CCl)ccc1Br)N1CCc2ccccc21. The van der Waals surface area contributed by atoms with E-state index in [0.717, 1.165) is 23.2 Å². The average Bonchev–Trinajstić information content (AvgIpc) is 2.92. The highest BCUT2D eigenvalue weighted by molar-refractivity contribution is 9.10. The van der Waals surface area contributed by atoms with Crippen LogP contribution in [0.25, 0.3) is 0 Å². The molecule has 3 nitrogen and oxygen atoms in total. The Morgan fingerprint density at radius 2 is 1.95 bits per heavy atom. The lowest BCUT2D eigenvalue weighted by atomic mass is 10.2. The maximum Gasteiger partial charge on any atom is 0.265 e. The Morgan fingerprint density at radius 1 is 1.19 bits per heavy atom. The Morgan fingerprint density at radius 3 is 2.71 bits per heavy atom. The minimum absolute atomic E-state index is 0.261. The second-order valence-corrected chi connectivity index (χ2v) is 7.81. The highest BCUT2D eigenvalue weighted by Gasteiger charge is 2.31. The zero-order valence-electron chi connectivity index (χ0n) is 11.1. The maximum absolute atomic E-state index is 12.9. The second-order valence-electron chi connectivity index (χ2n) is 4.85. The third-order valence-electron chi connectivity index (χ3n) is 3.56. The molecule has 2 aromatic rings. The molecule has 0 amide bonds. The van der Waals surface area contributed by atoms with Crippen molar-refractivity contribution in [3.63, 3.8) is 0 Å². The fraction of sp³-hybridized carbons (Fsp3) is 0.200. The summed E-state index contributed by atoms with van der Waals surface area (Å²) in [6, 6.07) is 12.8. The molecule has 1 heterocycles. The Labute approximate surface area is 137 Å². The zero-order valence-corrected chi connectivity index (χ0v) is 14.2. The van der Waals surface area contributed by atoms with Crippen LogP contribution in [0.5, 0.6) is 0 Å². The van der Waals surface area contributed by atoms with Gasteiger partial charge in [0.25, 0.3) is 10.0 Å². The van der Waals surface area contributed by atoms with Gasteiger partial charge in [-0.1, -0.05) is 24.3 Å². The van der Waals surface area contributed by atoms with Gasteiger partial charge in [0.1, 0.15) is 4.90 Å². The molecule has 0 unspecified atom stereocenters. The van der Waals surface area contributed by atoms with Crippen molar-refractivity contribution in [1.29, 1.82) is 0 Å². The number of fused-ring (bicyclic) bond motifs is 1. The number of para-hydroxylation sites is 1. The molecule has 0 spiro atoms. The number of alkyl halides is 1. The van der Waals surface area contributed by atoms with Crippen molar-refractivity contribution in [2.45, 2.75) is 17.2 Å². The predicted molar refractivity (Wildman–Crippen MR) is 88.4 cm³/mol. The van der Waals surface area contributed by atoms with E-state index in [4.69, 9.17) is 11.6 Å². The molecule has 0 fully saturated rings. The maximum atomic E-state index is 12.9. The first-order valence-electron chi connectivity index (χ1n) is 6.49. The van der Waals surface area contributed by atoms with Crippen LogP contribution >= 0.6 is 27.5 Å². The predicted octanol–water partition coefficient (Wildman–Crippen LogP) is 3.94. The van der Waals surface area contributed by atoms with E-state index in [1.165, 1.54) is 4.31 Å². The first-order chi connectivity index (χ1) is 10.0. The monoisotopic (exact) mass is 385 g/mol. The summed E-state index contributed by atoms with van der Waals surface area (Å²) in [7, 11) is -3.59. The van der Waals surface area contributed by atoms with Gasteiger partial charge in [0.05, 0.1) is 5.69 Å². The molecule has 1 aliphatic heterocycles. The Balaban J connectivity index is 2.10. The number of nitrogens with zero attached hydrogens (tertiary/aromatic N) is 1. The van der Waals surface area contributed by atoms with E-state index in [1.54, 1.807) is 12.1 Å². The fourth-order valence-electron chi connectivity index (χ4n) is 2.50. The lowest BCUT2D eigenvalue weighted by molar-refractivity contribution is 0.591. The minimum atomic E-state index is -3.59. The number of hydrogen-bond donors (Lipinski definition) is 0. The molecule has 0 bridgehead atoms. The van der Waals surface area contributed by atoms with Crippen molar-refractivity contribution >= 4 is 43.2 Å². The number of benzene rings is 2. The highest BCUT2D eigenvalue weighted by Crippen LogP contribution is 2.35. The third-order valence-corrected chi connectivity index (χ3v) is 6.68. The second kappa shape index (κ2) is 5.63. The Bertz CT molecular complexity index is 792. The molecule has 110 valence electrons. The van der Waals surface area contributed by atoms with Crippen LogP contribution in [0.3, 0.4) is 0 Å². The fourth-order valence-corrected chi connectivity index (χ4v) is 5.15. The zero-order chi connectivity index (χ0) is 15.0. The molecule has 1 aliphatic rings. The van der Waals surface area contributed by atoms with Crippen LogP contribution in [0.2, 0.25) is 0 Å². The van der Waals surface area contributed by atoms with E-state index in [-0.39, 0.29) is 10.8 Å². The lowest BCUT2D eigenvalue weighted by Crippen LogP contribution is -2.29. The number of rotatable bonds is 3. The van der Waals surface area contributed by atoms with Gasteiger partial charge >= 0.3 is 0 Å². The number of hydrogen-bond acceptors (Lipinski definition) is 2. The molecule has 0 saturated carbocycles. The summed E-state index contributed by atoms with van der Waals surface area (Å²) in [6.07, 6.45) is 0.738. The van der Waals surface area contributed by atoms with Gasteiger partial charge in [-0.25, -0.2) is 8.42 Å².